The topological polar surface area (TPSA) is 44.4 Å². The van der Waals surface area contributed by atoms with E-state index in [1.807, 2.05) is 55.5 Å². The lowest BCUT2D eigenvalue weighted by Crippen LogP contribution is -2.22. The van der Waals surface area contributed by atoms with Crippen molar-refractivity contribution >= 4 is 11.6 Å². The van der Waals surface area contributed by atoms with Gasteiger partial charge in [-0.2, -0.15) is 0 Å². The van der Waals surface area contributed by atoms with E-state index in [4.69, 9.17) is 0 Å². The summed E-state index contributed by atoms with van der Waals surface area (Å²) in [6, 6.07) is 15.8. The minimum absolute atomic E-state index is 0.0433. The number of carbonyl (C=O) groups excluding carboxylic acids is 1. The van der Waals surface area contributed by atoms with Crippen molar-refractivity contribution in [3.05, 3.63) is 65.2 Å². The summed E-state index contributed by atoms with van der Waals surface area (Å²) in [5, 5.41) is 6.32. The third kappa shape index (κ3) is 5.75. The molecule has 0 unspecified atom stereocenters. The lowest BCUT2D eigenvalue weighted by atomic mass is 10.1. The summed E-state index contributed by atoms with van der Waals surface area (Å²) in [6.07, 6.45) is 0. The lowest BCUT2D eigenvalue weighted by molar-refractivity contribution is 0.0951. The Labute approximate surface area is 138 Å². The number of benzene rings is 2. The average molecular weight is 311 g/mol. The first-order chi connectivity index (χ1) is 11.0. The van der Waals surface area contributed by atoms with Crippen LogP contribution in [-0.2, 0) is 6.54 Å². The number of hydrogen-bond acceptors (Lipinski definition) is 3. The van der Waals surface area contributed by atoms with Crippen LogP contribution in [-0.4, -0.2) is 38.0 Å². The molecule has 2 rings (SSSR count). The number of rotatable bonds is 7. The molecule has 0 aromatic heterocycles. The Morgan fingerprint density at radius 1 is 1.00 bits per heavy atom. The van der Waals surface area contributed by atoms with Crippen LogP contribution >= 0.6 is 0 Å². The monoisotopic (exact) mass is 311 g/mol. The second-order valence-corrected chi connectivity index (χ2v) is 5.98. The molecule has 0 heterocycles. The Morgan fingerprint density at radius 3 is 2.26 bits per heavy atom. The van der Waals surface area contributed by atoms with Crippen molar-refractivity contribution in [2.45, 2.75) is 13.5 Å². The van der Waals surface area contributed by atoms with Gasteiger partial charge >= 0.3 is 0 Å². The van der Waals surface area contributed by atoms with Crippen LogP contribution in [0.15, 0.2) is 48.5 Å². The second-order valence-electron chi connectivity index (χ2n) is 5.98. The van der Waals surface area contributed by atoms with Gasteiger partial charge in [-0.05, 0) is 50.8 Å². The molecule has 23 heavy (non-hydrogen) atoms. The molecule has 122 valence electrons. The summed E-state index contributed by atoms with van der Waals surface area (Å²) in [4.78, 5) is 14.2. The Balaban J connectivity index is 1.81. The quantitative estimate of drug-likeness (QED) is 0.826. The SMILES string of the molecule is Cc1ccc(C(=O)NCc2ccc(NCCN(C)C)cc2)cc1. The molecule has 4 heteroatoms. The first kappa shape index (κ1) is 17.0. The fourth-order valence-corrected chi connectivity index (χ4v) is 2.15. The fraction of sp³-hybridized carbons (Fsp3) is 0.316. The normalized spacial score (nSPS) is 10.6. The summed E-state index contributed by atoms with van der Waals surface area (Å²) >= 11 is 0. The van der Waals surface area contributed by atoms with E-state index >= 15 is 0 Å². The molecule has 0 aliphatic heterocycles. The van der Waals surface area contributed by atoms with Crippen molar-refractivity contribution in [2.24, 2.45) is 0 Å². The maximum absolute atomic E-state index is 12.1. The number of carbonyl (C=O) groups is 1. The van der Waals surface area contributed by atoms with Gasteiger partial charge in [0.2, 0.25) is 0 Å². The molecule has 2 aromatic carbocycles. The number of aryl methyl sites for hydroxylation is 1. The number of nitrogens with zero attached hydrogens (tertiary/aromatic N) is 1. The van der Waals surface area contributed by atoms with Gasteiger partial charge in [-0.3, -0.25) is 4.79 Å². The molecule has 0 aliphatic rings. The van der Waals surface area contributed by atoms with E-state index < -0.39 is 0 Å². The number of anilines is 1. The van der Waals surface area contributed by atoms with E-state index in [9.17, 15) is 4.79 Å². The number of hydrogen-bond donors (Lipinski definition) is 2. The van der Waals surface area contributed by atoms with E-state index in [0.717, 1.165) is 29.9 Å². The third-order valence-corrected chi connectivity index (χ3v) is 3.61. The van der Waals surface area contributed by atoms with Gasteiger partial charge in [0, 0.05) is 30.9 Å². The first-order valence-corrected chi connectivity index (χ1v) is 7.87. The summed E-state index contributed by atoms with van der Waals surface area (Å²) in [7, 11) is 4.11. The van der Waals surface area contributed by atoms with Crippen LogP contribution in [0.25, 0.3) is 0 Å². The summed E-state index contributed by atoms with van der Waals surface area (Å²) in [6.45, 7) is 4.45. The summed E-state index contributed by atoms with van der Waals surface area (Å²) in [5.74, 6) is -0.0433. The van der Waals surface area contributed by atoms with E-state index in [-0.39, 0.29) is 5.91 Å². The Hall–Kier alpha value is -2.33. The summed E-state index contributed by atoms with van der Waals surface area (Å²) in [5.41, 5.74) is 4.03. The smallest absolute Gasteiger partial charge is 0.251 e. The molecular weight excluding hydrogens is 286 g/mol. The lowest BCUT2D eigenvalue weighted by Gasteiger charge is -2.12. The van der Waals surface area contributed by atoms with Crippen molar-refractivity contribution in [1.29, 1.82) is 0 Å². The average Bonchev–Trinajstić information content (AvgIpc) is 2.54. The summed E-state index contributed by atoms with van der Waals surface area (Å²) < 4.78 is 0. The van der Waals surface area contributed by atoms with Crippen LogP contribution < -0.4 is 10.6 Å². The molecule has 0 saturated carbocycles. The zero-order chi connectivity index (χ0) is 16.7. The van der Waals surface area contributed by atoms with Gasteiger partial charge in [-0.1, -0.05) is 29.8 Å². The molecule has 1 amide bonds. The van der Waals surface area contributed by atoms with Crippen molar-refractivity contribution in [3.63, 3.8) is 0 Å². The van der Waals surface area contributed by atoms with E-state index in [2.05, 4.69) is 29.6 Å². The molecule has 2 N–H and O–H groups in total. The molecule has 0 fully saturated rings. The standard InChI is InChI=1S/C19H25N3O/c1-15-4-8-17(9-5-15)19(23)21-14-16-6-10-18(11-7-16)20-12-13-22(2)3/h4-11,20H,12-14H2,1-3H3,(H,21,23). The van der Waals surface area contributed by atoms with Crippen LogP contribution in [0.4, 0.5) is 5.69 Å². The van der Waals surface area contributed by atoms with E-state index in [0.29, 0.717) is 12.1 Å². The number of likely N-dealkylation sites (N-methyl/N-ethyl adjacent to an activating group) is 1. The number of nitrogens with one attached hydrogen (secondary N) is 2. The zero-order valence-electron chi connectivity index (χ0n) is 14.1. The molecule has 2 aromatic rings. The molecule has 0 atom stereocenters. The molecule has 0 radical (unpaired) electrons. The van der Waals surface area contributed by atoms with Gasteiger partial charge in [0.1, 0.15) is 0 Å². The molecular formula is C19H25N3O. The van der Waals surface area contributed by atoms with Gasteiger partial charge in [-0.15, -0.1) is 0 Å². The number of amides is 1. The Morgan fingerprint density at radius 2 is 1.65 bits per heavy atom. The molecule has 4 nitrogen and oxygen atoms in total. The molecule has 0 spiro atoms. The molecule has 0 bridgehead atoms. The van der Waals surface area contributed by atoms with Gasteiger partial charge in [0.15, 0.2) is 0 Å². The minimum atomic E-state index is -0.0433. The fourth-order valence-electron chi connectivity index (χ4n) is 2.15. The minimum Gasteiger partial charge on any atom is -0.384 e. The van der Waals surface area contributed by atoms with Crippen molar-refractivity contribution in [3.8, 4) is 0 Å². The van der Waals surface area contributed by atoms with Crippen LogP contribution in [0.3, 0.4) is 0 Å². The predicted molar refractivity (Wildman–Crippen MR) is 95.8 cm³/mol. The second kappa shape index (κ2) is 8.34. The zero-order valence-corrected chi connectivity index (χ0v) is 14.1. The highest BCUT2D eigenvalue weighted by Crippen LogP contribution is 2.09. The maximum Gasteiger partial charge on any atom is 0.251 e. The Kier molecular flexibility index (Phi) is 6.18. The van der Waals surface area contributed by atoms with Crippen molar-refractivity contribution in [2.75, 3.05) is 32.5 Å². The van der Waals surface area contributed by atoms with Crippen LogP contribution in [0.1, 0.15) is 21.5 Å². The van der Waals surface area contributed by atoms with E-state index in [1.54, 1.807) is 0 Å². The van der Waals surface area contributed by atoms with Gasteiger partial charge in [0.25, 0.3) is 5.91 Å². The van der Waals surface area contributed by atoms with E-state index in [1.165, 1.54) is 0 Å². The predicted octanol–water partition coefficient (Wildman–Crippen LogP) is 2.90. The van der Waals surface area contributed by atoms with Crippen molar-refractivity contribution in [1.82, 2.24) is 10.2 Å². The Bertz CT molecular complexity index is 618. The molecule has 0 saturated heterocycles. The van der Waals surface area contributed by atoms with Crippen LogP contribution in [0, 0.1) is 6.92 Å². The van der Waals surface area contributed by atoms with Crippen LogP contribution in [0.2, 0.25) is 0 Å². The van der Waals surface area contributed by atoms with Crippen LogP contribution in [0.5, 0.6) is 0 Å². The van der Waals surface area contributed by atoms with Gasteiger partial charge < -0.3 is 15.5 Å². The highest BCUT2D eigenvalue weighted by molar-refractivity contribution is 5.94. The first-order valence-electron chi connectivity index (χ1n) is 7.87. The maximum atomic E-state index is 12.1. The van der Waals surface area contributed by atoms with Gasteiger partial charge in [-0.25, -0.2) is 0 Å². The largest absolute Gasteiger partial charge is 0.384 e. The molecule has 0 aliphatic carbocycles. The highest BCUT2D eigenvalue weighted by atomic mass is 16.1. The third-order valence-electron chi connectivity index (χ3n) is 3.61. The van der Waals surface area contributed by atoms with Crippen molar-refractivity contribution < 1.29 is 4.79 Å². The van der Waals surface area contributed by atoms with Gasteiger partial charge in [0.05, 0.1) is 0 Å². The highest BCUT2D eigenvalue weighted by Gasteiger charge is 2.04.